The van der Waals surface area contributed by atoms with Crippen LogP contribution in [0.5, 0.6) is 0 Å². The van der Waals surface area contributed by atoms with Crippen LogP contribution in [0.2, 0.25) is 0 Å². The smallest absolute Gasteiger partial charge is 0.0297 e. The van der Waals surface area contributed by atoms with E-state index in [-0.39, 0.29) is 0 Å². The molecule has 2 heteroatoms. The van der Waals surface area contributed by atoms with E-state index in [1.165, 1.54) is 5.75 Å². The second kappa shape index (κ2) is 1.74. The molecule has 0 amide bonds. The Kier molecular flexibility index (Phi) is 0.972. The van der Waals surface area contributed by atoms with Gasteiger partial charge >= 0.3 is 0 Å². The molecule has 0 radical (unpaired) electrons. The van der Waals surface area contributed by atoms with Crippen LogP contribution in [-0.4, -0.2) is 23.1 Å². The van der Waals surface area contributed by atoms with Crippen LogP contribution in [0.25, 0.3) is 0 Å². The molecule has 1 nitrogen and oxygen atoms in total. The Morgan fingerprint density at radius 3 is 3.00 bits per heavy atom. The average molecular weight is 181 g/mol. The zero-order chi connectivity index (χ0) is 7.92. The van der Waals surface area contributed by atoms with Gasteiger partial charge in [0, 0.05) is 17.2 Å². The molecule has 1 heterocycles. The van der Waals surface area contributed by atoms with Crippen LogP contribution in [0.4, 0.5) is 0 Å². The predicted molar refractivity (Wildman–Crippen MR) is 50.8 cm³/mol. The lowest BCUT2D eigenvalue weighted by Gasteiger charge is -2.29. The standard InChI is InChI=1S/C10H15NS/c1-11-9-8-3-7-2-6(8)4-10(7,9)5-12-11/h6-9H,2-5H2,1H3/t6?,7-,8?,9-,10?/m0/s1. The van der Waals surface area contributed by atoms with E-state index in [9.17, 15) is 0 Å². The van der Waals surface area contributed by atoms with Crippen LogP contribution in [0.15, 0.2) is 0 Å². The fourth-order valence-electron chi connectivity index (χ4n) is 4.89. The normalized spacial score (nSPS) is 66.8. The fraction of sp³-hybridized carbons (Fsp3) is 1.00. The number of hydrogen-bond acceptors (Lipinski definition) is 2. The summed E-state index contributed by atoms with van der Waals surface area (Å²) in [6.45, 7) is 0. The maximum Gasteiger partial charge on any atom is 0.0297 e. The molecule has 4 aliphatic carbocycles. The highest BCUT2D eigenvalue weighted by Gasteiger charge is 2.71. The van der Waals surface area contributed by atoms with E-state index in [0.29, 0.717) is 0 Å². The van der Waals surface area contributed by atoms with E-state index in [1.807, 2.05) is 0 Å². The summed E-state index contributed by atoms with van der Waals surface area (Å²) >= 11 is 2.11. The first-order chi connectivity index (χ1) is 5.81. The van der Waals surface area contributed by atoms with Crippen molar-refractivity contribution in [2.75, 3.05) is 12.8 Å². The first-order valence-corrected chi connectivity index (χ1v) is 6.11. The number of hydrogen-bond donors (Lipinski definition) is 0. The largest absolute Gasteiger partial charge is 0.250 e. The van der Waals surface area contributed by atoms with Crippen molar-refractivity contribution >= 4 is 11.9 Å². The van der Waals surface area contributed by atoms with Crippen molar-refractivity contribution in [1.29, 1.82) is 0 Å². The lowest BCUT2D eigenvalue weighted by molar-refractivity contribution is 0.203. The van der Waals surface area contributed by atoms with E-state index in [0.717, 1.165) is 29.2 Å². The third kappa shape index (κ3) is 0.476. The molecular weight excluding hydrogens is 166 g/mol. The summed E-state index contributed by atoms with van der Waals surface area (Å²) < 4.78 is 2.59. The van der Waals surface area contributed by atoms with Crippen molar-refractivity contribution in [3.05, 3.63) is 0 Å². The van der Waals surface area contributed by atoms with Crippen LogP contribution >= 0.6 is 11.9 Å². The molecule has 12 heavy (non-hydrogen) atoms. The fourth-order valence-corrected chi connectivity index (χ4v) is 6.38. The summed E-state index contributed by atoms with van der Waals surface area (Å²) in [4.78, 5) is 0. The van der Waals surface area contributed by atoms with Gasteiger partial charge in [-0.15, -0.1) is 0 Å². The van der Waals surface area contributed by atoms with Gasteiger partial charge in [-0.3, -0.25) is 0 Å². The molecule has 1 saturated heterocycles. The highest BCUT2D eigenvalue weighted by Crippen LogP contribution is 2.74. The predicted octanol–water partition coefficient (Wildman–Crippen LogP) is 1.99. The molecule has 4 bridgehead atoms. The molecule has 4 saturated carbocycles. The summed E-state index contributed by atoms with van der Waals surface area (Å²) in [7, 11) is 2.32. The van der Waals surface area contributed by atoms with Crippen molar-refractivity contribution in [1.82, 2.24) is 4.31 Å². The molecule has 0 N–H and O–H groups in total. The summed E-state index contributed by atoms with van der Waals surface area (Å²) in [5.74, 6) is 4.83. The summed E-state index contributed by atoms with van der Waals surface area (Å²) in [5, 5.41) is 0. The van der Waals surface area contributed by atoms with Gasteiger partial charge in [0.2, 0.25) is 0 Å². The van der Waals surface area contributed by atoms with Crippen LogP contribution in [0.3, 0.4) is 0 Å². The van der Waals surface area contributed by atoms with Crippen molar-refractivity contribution < 1.29 is 0 Å². The minimum Gasteiger partial charge on any atom is -0.250 e. The second-order valence-electron chi connectivity index (χ2n) is 5.29. The monoisotopic (exact) mass is 181 g/mol. The van der Waals surface area contributed by atoms with Crippen molar-refractivity contribution in [3.8, 4) is 0 Å². The minimum atomic E-state index is 0.814. The van der Waals surface area contributed by atoms with E-state index < -0.39 is 0 Å². The maximum absolute atomic E-state index is 2.59. The van der Waals surface area contributed by atoms with Gasteiger partial charge < -0.3 is 0 Å². The summed E-state index contributed by atoms with van der Waals surface area (Å²) in [6.07, 6.45) is 4.76. The van der Waals surface area contributed by atoms with Crippen molar-refractivity contribution in [2.24, 2.45) is 23.2 Å². The van der Waals surface area contributed by atoms with E-state index in [1.54, 1.807) is 19.3 Å². The van der Waals surface area contributed by atoms with E-state index in [2.05, 4.69) is 23.3 Å². The molecule has 5 atom stereocenters. The van der Waals surface area contributed by atoms with Gasteiger partial charge in [0.05, 0.1) is 0 Å². The molecular formula is C10H15NS. The lowest BCUT2D eigenvalue weighted by atomic mass is 9.80. The second-order valence-corrected chi connectivity index (χ2v) is 6.42. The Balaban J connectivity index is 1.89. The van der Waals surface area contributed by atoms with Crippen molar-refractivity contribution in [2.45, 2.75) is 25.3 Å². The quantitative estimate of drug-likeness (QED) is 0.526. The molecule has 5 aliphatic rings. The Bertz CT molecular complexity index is 254. The molecule has 1 aliphatic heterocycles. The minimum absolute atomic E-state index is 0.814. The first kappa shape index (κ1) is 6.72. The summed E-state index contributed by atoms with van der Waals surface area (Å²) in [6, 6.07) is 0.992. The maximum atomic E-state index is 2.59. The Morgan fingerprint density at radius 2 is 2.33 bits per heavy atom. The average Bonchev–Trinajstić information content (AvgIpc) is 2.69. The van der Waals surface area contributed by atoms with Gasteiger partial charge in [-0.25, -0.2) is 4.31 Å². The van der Waals surface area contributed by atoms with Crippen LogP contribution < -0.4 is 0 Å². The number of nitrogens with zero attached hydrogens (tertiary/aromatic N) is 1. The van der Waals surface area contributed by atoms with Gasteiger partial charge in [-0.2, -0.15) is 0 Å². The van der Waals surface area contributed by atoms with Gasteiger partial charge in [0.25, 0.3) is 0 Å². The molecule has 5 rings (SSSR count). The van der Waals surface area contributed by atoms with Crippen molar-refractivity contribution in [3.63, 3.8) is 0 Å². The zero-order valence-corrected chi connectivity index (χ0v) is 8.31. The Morgan fingerprint density at radius 1 is 1.42 bits per heavy atom. The van der Waals surface area contributed by atoms with E-state index in [4.69, 9.17) is 0 Å². The molecule has 0 aromatic carbocycles. The Hall–Kier alpha value is 0.310. The highest BCUT2D eigenvalue weighted by atomic mass is 32.2. The van der Waals surface area contributed by atoms with Gasteiger partial charge in [0.15, 0.2) is 0 Å². The Labute approximate surface area is 78.0 Å². The lowest BCUT2D eigenvalue weighted by Crippen LogP contribution is -2.35. The van der Waals surface area contributed by atoms with Crippen LogP contribution in [-0.2, 0) is 0 Å². The zero-order valence-electron chi connectivity index (χ0n) is 7.49. The molecule has 3 unspecified atom stereocenters. The van der Waals surface area contributed by atoms with Gasteiger partial charge in [-0.05, 0) is 44.1 Å². The first-order valence-electron chi connectivity index (χ1n) is 5.17. The third-order valence-corrected chi connectivity index (χ3v) is 6.43. The highest BCUT2D eigenvalue weighted by molar-refractivity contribution is 7.97. The van der Waals surface area contributed by atoms with E-state index >= 15 is 0 Å². The number of rotatable bonds is 0. The SMILES string of the molecule is CN1SCC23CC4C[C@H]2CC4[C@H]13. The molecule has 1 spiro atoms. The molecule has 66 valence electrons. The summed E-state index contributed by atoms with van der Waals surface area (Å²) in [5.41, 5.74) is 0.814. The van der Waals surface area contributed by atoms with Crippen LogP contribution in [0, 0.1) is 23.2 Å². The van der Waals surface area contributed by atoms with Gasteiger partial charge in [-0.1, -0.05) is 11.9 Å². The molecule has 0 aromatic heterocycles. The third-order valence-electron chi connectivity index (χ3n) is 5.13. The molecule has 5 fully saturated rings. The van der Waals surface area contributed by atoms with Gasteiger partial charge in [0.1, 0.15) is 0 Å². The molecule has 0 aromatic rings. The van der Waals surface area contributed by atoms with Crippen LogP contribution in [0.1, 0.15) is 19.3 Å². The topological polar surface area (TPSA) is 3.24 Å².